The molecule has 0 aliphatic rings. The number of rotatable bonds is 7. The zero-order chi connectivity index (χ0) is 15.1. The van der Waals surface area contributed by atoms with Crippen molar-refractivity contribution in [3.05, 3.63) is 59.7 Å². The maximum absolute atomic E-state index is 5.72. The Morgan fingerprint density at radius 2 is 1.62 bits per heavy atom. The molecule has 0 fully saturated rings. The van der Waals surface area contributed by atoms with Gasteiger partial charge in [-0.25, -0.2) is 0 Å². The van der Waals surface area contributed by atoms with Gasteiger partial charge in [0, 0.05) is 12.2 Å². The normalized spacial score (nSPS) is 10.7. The highest BCUT2D eigenvalue weighted by Crippen LogP contribution is 2.17. The van der Waals surface area contributed by atoms with Crippen molar-refractivity contribution < 1.29 is 4.74 Å². The highest BCUT2D eigenvalue weighted by atomic mass is 16.5. The lowest BCUT2D eigenvalue weighted by Gasteiger charge is -2.10. The highest BCUT2D eigenvalue weighted by Gasteiger charge is 1.98. The third kappa shape index (κ3) is 5.50. The minimum absolute atomic E-state index is 0.681. The molecule has 0 saturated heterocycles. The standard InChI is InChI=1S/C19H25NO/c1-15(2)12-13-21-19-10-8-18(9-11-19)20-14-17-6-4-16(3)5-7-17/h4-11,15,20H,12-14H2,1-3H3. The molecule has 0 radical (unpaired) electrons. The number of hydrogen-bond donors (Lipinski definition) is 1. The second kappa shape index (κ2) is 7.72. The van der Waals surface area contributed by atoms with Crippen LogP contribution in [-0.4, -0.2) is 6.61 Å². The summed E-state index contributed by atoms with van der Waals surface area (Å²) in [6, 6.07) is 16.8. The highest BCUT2D eigenvalue weighted by molar-refractivity contribution is 5.46. The fourth-order valence-electron chi connectivity index (χ4n) is 1.99. The van der Waals surface area contributed by atoms with Gasteiger partial charge in [0.15, 0.2) is 0 Å². The second-order valence-electron chi connectivity index (χ2n) is 5.89. The molecule has 0 aliphatic heterocycles. The van der Waals surface area contributed by atoms with Crippen molar-refractivity contribution in [1.29, 1.82) is 0 Å². The van der Waals surface area contributed by atoms with Gasteiger partial charge < -0.3 is 10.1 Å². The smallest absolute Gasteiger partial charge is 0.119 e. The van der Waals surface area contributed by atoms with Crippen LogP contribution in [0.4, 0.5) is 5.69 Å². The first-order chi connectivity index (χ1) is 10.1. The van der Waals surface area contributed by atoms with Crippen molar-refractivity contribution in [2.45, 2.75) is 33.7 Å². The Morgan fingerprint density at radius 1 is 0.952 bits per heavy atom. The molecule has 112 valence electrons. The maximum Gasteiger partial charge on any atom is 0.119 e. The monoisotopic (exact) mass is 283 g/mol. The molecular formula is C19H25NO. The molecule has 0 saturated carbocycles. The lowest BCUT2D eigenvalue weighted by atomic mass is 10.1. The summed E-state index contributed by atoms with van der Waals surface area (Å²) < 4.78 is 5.72. The van der Waals surface area contributed by atoms with Crippen molar-refractivity contribution >= 4 is 5.69 Å². The zero-order valence-electron chi connectivity index (χ0n) is 13.2. The minimum atomic E-state index is 0.681. The lowest BCUT2D eigenvalue weighted by Crippen LogP contribution is -2.02. The molecule has 2 aromatic carbocycles. The summed E-state index contributed by atoms with van der Waals surface area (Å²) in [6.45, 7) is 8.15. The molecule has 0 heterocycles. The van der Waals surface area contributed by atoms with Gasteiger partial charge in [-0.2, -0.15) is 0 Å². The van der Waals surface area contributed by atoms with E-state index in [1.165, 1.54) is 11.1 Å². The van der Waals surface area contributed by atoms with Gasteiger partial charge in [0.25, 0.3) is 0 Å². The van der Waals surface area contributed by atoms with Crippen molar-refractivity contribution in [3.63, 3.8) is 0 Å². The van der Waals surface area contributed by atoms with Crippen LogP contribution in [0, 0.1) is 12.8 Å². The Hall–Kier alpha value is -1.96. The third-order valence-electron chi connectivity index (χ3n) is 3.44. The van der Waals surface area contributed by atoms with E-state index in [9.17, 15) is 0 Å². The first-order valence-electron chi connectivity index (χ1n) is 7.66. The summed E-state index contributed by atoms with van der Waals surface area (Å²) >= 11 is 0. The van der Waals surface area contributed by atoms with E-state index in [0.29, 0.717) is 5.92 Å². The summed E-state index contributed by atoms with van der Waals surface area (Å²) in [7, 11) is 0. The lowest BCUT2D eigenvalue weighted by molar-refractivity contribution is 0.289. The Bertz CT molecular complexity index is 528. The fraction of sp³-hybridized carbons (Fsp3) is 0.368. The largest absolute Gasteiger partial charge is 0.494 e. The van der Waals surface area contributed by atoms with Gasteiger partial charge in [-0.15, -0.1) is 0 Å². The quantitative estimate of drug-likeness (QED) is 0.769. The van der Waals surface area contributed by atoms with E-state index in [0.717, 1.165) is 31.0 Å². The molecule has 0 aliphatic carbocycles. The second-order valence-corrected chi connectivity index (χ2v) is 5.89. The number of ether oxygens (including phenoxy) is 1. The van der Waals surface area contributed by atoms with E-state index in [-0.39, 0.29) is 0 Å². The number of hydrogen-bond acceptors (Lipinski definition) is 2. The van der Waals surface area contributed by atoms with Crippen LogP contribution in [0.15, 0.2) is 48.5 Å². The van der Waals surface area contributed by atoms with Crippen LogP contribution in [0.3, 0.4) is 0 Å². The molecule has 2 nitrogen and oxygen atoms in total. The topological polar surface area (TPSA) is 21.3 Å². The summed E-state index contributed by atoms with van der Waals surface area (Å²) in [5.41, 5.74) is 3.70. The molecule has 21 heavy (non-hydrogen) atoms. The Kier molecular flexibility index (Phi) is 5.68. The summed E-state index contributed by atoms with van der Waals surface area (Å²) in [4.78, 5) is 0. The van der Waals surface area contributed by atoms with Gasteiger partial charge in [-0.3, -0.25) is 0 Å². The molecule has 0 amide bonds. The van der Waals surface area contributed by atoms with E-state index in [1.54, 1.807) is 0 Å². The predicted molar refractivity (Wildman–Crippen MR) is 89.9 cm³/mol. The molecule has 0 atom stereocenters. The van der Waals surface area contributed by atoms with Crippen LogP contribution in [0.2, 0.25) is 0 Å². The number of aryl methyl sites for hydroxylation is 1. The molecule has 0 spiro atoms. The van der Waals surface area contributed by atoms with Gasteiger partial charge >= 0.3 is 0 Å². The zero-order valence-corrected chi connectivity index (χ0v) is 13.2. The van der Waals surface area contributed by atoms with E-state index in [1.807, 2.05) is 12.1 Å². The molecule has 1 N–H and O–H groups in total. The van der Waals surface area contributed by atoms with Crippen LogP contribution in [0.1, 0.15) is 31.4 Å². The third-order valence-corrected chi connectivity index (χ3v) is 3.44. The Labute approximate surface area is 128 Å². The average Bonchev–Trinajstić information content (AvgIpc) is 2.48. The fourth-order valence-corrected chi connectivity index (χ4v) is 1.99. The summed E-state index contributed by atoms with van der Waals surface area (Å²) in [5.74, 6) is 1.62. The van der Waals surface area contributed by atoms with Crippen molar-refractivity contribution in [3.8, 4) is 5.75 Å². The van der Waals surface area contributed by atoms with Crippen LogP contribution >= 0.6 is 0 Å². The van der Waals surface area contributed by atoms with Crippen LogP contribution in [0.5, 0.6) is 5.75 Å². The van der Waals surface area contributed by atoms with E-state index in [4.69, 9.17) is 4.74 Å². The summed E-state index contributed by atoms with van der Waals surface area (Å²) in [6.07, 6.45) is 1.09. The molecule has 0 unspecified atom stereocenters. The molecule has 0 bridgehead atoms. The van der Waals surface area contributed by atoms with E-state index in [2.05, 4.69) is 62.5 Å². The Balaban J connectivity index is 1.80. The molecule has 2 rings (SSSR count). The number of benzene rings is 2. The van der Waals surface area contributed by atoms with Gasteiger partial charge in [0.05, 0.1) is 6.61 Å². The average molecular weight is 283 g/mol. The Morgan fingerprint density at radius 3 is 2.24 bits per heavy atom. The molecular weight excluding hydrogens is 258 g/mol. The van der Waals surface area contributed by atoms with Crippen molar-refractivity contribution in [2.24, 2.45) is 5.92 Å². The first-order valence-corrected chi connectivity index (χ1v) is 7.66. The van der Waals surface area contributed by atoms with Crippen molar-refractivity contribution in [1.82, 2.24) is 0 Å². The predicted octanol–water partition coefficient (Wildman–Crippen LogP) is 5.03. The van der Waals surface area contributed by atoms with Gasteiger partial charge in [0.1, 0.15) is 5.75 Å². The van der Waals surface area contributed by atoms with Gasteiger partial charge in [0.2, 0.25) is 0 Å². The SMILES string of the molecule is Cc1ccc(CNc2ccc(OCCC(C)C)cc2)cc1. The van der Waals surface area contributed by atoms with Gasteiger partial charge in [-0.05, 0) is 49.1 Å². The molecule has 0 aromatic heterocycles. The van der Waals surface area contributed by atoms with Crippen LogP contribution < -0.4 is 10.1 Å². The minimum Gasteiger partial charge on any atom is -0.494 e. The maximum atomic E-state index is 5.72. The van der Waals surface area contributed by atoms with Gasteiger partial charge in [-0.1, -0.05) is 43.7 Å². The van der Waals surface area contributed by atoms with E-state index >= 15 is 0 Å². The van der Waals surface area contributed by atoms with E-state index < -0.39 is 0 Å². The van der Waals surface area contributed by atoms with Crippen LogP contribution in [-0.2, 0) is 6.54 Å². The van der Waals surface area contributed by atoms with Crippen molar-refractivity contribution in [2.75, 3.05) is 11.9 Å². The first kappa shape index (κ1) is 15.4. The number of nitrogens with one attached hydrogen (secondary N) is 1. The molecule has 2 aromatic rings. The molecule has 2 heteroatoms. The van der Waals surface area contributed by atoms with Crippen LogP contribution in [0.25, 0.3) is 0 Å². The number of anilines is 1. The summed E-state index contributed by atoms with van der Waals surface area (Å²) in [5, 5.41) is 3.43.